The molecule has 3 saturated heterocycles. The second-order valence-electron chi connectivity index (χ2n) is 23.6. The number of carbonyl (C=O) groups is 10. The van der Waals surface area contributed by atoms with E-state index >= 15 is 0 Å². The normalized spacial score (nSPS) is 26.6. The molecule has 0 radical (unpaired) electrons. The van der Waals surface area contributed by atoms with Gasteiger partial charge in [-0.3, -0.25) is 66.5 Å². The molecule has 19 atom stereocenters. The van der Waals surface area contributed by atoms with Crippen LogP contribution in [0.3, 0.4) is 0 Å². The van der Waals surface area contributed by atoms with Crippen molar-refractivity contribution in [3.8, 4) is 11.1 Å². The van der Waals surface area contributed by atoms with Crippen LogP contribution in [0.2, 0.25) is 0 Å². The highest BCUT2D eigenvalue weighted by molar-refractivity contribution is 7.61. The van der Waals surface area contributed by atoms with Gasteiger partial charge in [-0.1, -0.05) is 48.5 Å². The van der Waals surface area contributed by atoms with E-state index < -0.39 is 210 Å². The lowest BCUT2D eigenvalue weighted by Gasteiger charge is -2.50. The number of benzene rings is 2. The lowest BCUT2D eigenvalue weighted by atomic mass is 9.93. The molecule has 1 aliphatic carbocycles. The van der Waals surface area contributed by atoms with E-state index in [0.717, 1.165) is 83.0 Å². The van der Waals surface area contributed by atoms with Crippen LogP contribution in [0.1, 0.15) is 97.9 Å². The second-order valence-corrected chi connectivity index (χ2v) is 26.6. The number of alkyl carbamates (subject to hydrolysis) is 1. The summed E-state index contributed by atoms with van der Waals surface area (Å²) in [6.45, 7) is 5.03. The van der Waals surface area contributed by atoms with Crippen molar-refractivity contribution in [2.24, 2.45) is 5.73 Å². The number of unbranched alkanes of at least 4 members (excludes halogenated alkanes) is 1. The molecule has 12 N–H and O–H groups in total. The Morgan fingerprint density at radius 3 is 1.76 bits per heavy atom. The van der Waals surface area contributed by atoms with Crippen LogP contribution in [-0.4, -0.2) is 220 Å². The van der Waals surface area contributed by atoms with Gasteiger partial charge in [0.25, 0.3) is 5.56 Å². The van der Waals surface area contributed by atoms with Gasteiger partial charge in [-0.05, 0) is 55.4 Å². The van der Waals surface area contributed by atoms with Gasteiger partial charge in [0.2, 0.25) is 29.5 Å². The van der Waals surface area contributed by atoms with E-state index in [9.17, 15) is 86.7 Å². The quantitative estimate of drug-likeness (QED) is 0.0142. The van der Waals surface area contributed by atoms with Gasteiger partial charge >= 0.3 is 51.3 Å². The van der Waals surface area contributed by atoms with E-state index in [4.69, 9.17) is 62.1 Å². The molecule has 0 spiro atoms. The van der Waals surface area contributed by atoms with Crippen molar-refractivity contribution in [2.75, 3.05) is 33.0 Å². The number of H-pyrrole nitrogens is 1. The van der Waals surface area contributed by atoms with Gasteiger partial charge < -0.3 is 99.7 Å². The zero-order valence-corrected chi connectivity index (χ0v) is 57.3. The number of ether oxygens (including phenoxy) is 10. The minimum Gasteiger partial charge on any atom is -0.463 e. The van der Waals surface area contributed by atoms with Gasteiger partial charge in [0.1, 0.15) is 92.8 Å². The molecule has 4 heterocycles. The van der Waals surface area contributed by atoms with Crippen LogP contribution in [0, 0.1) is 0 Å². The Kier molecular flexibility index (Phi) is 28.1. The van der Waals surface area contributed by atoms with Crippen LogP contribution in [0.5, 0.6) is 0 Å². The number of rotatable bonds is 32. The fraction of sp³-hybridized carbons (Fsp3) is 0.567. The molecule has 1 aromatic heterocycles. The summed E-state index contributed by atoms with van der Waals surface area (Å²) in [6.07, 6.45) is -24.8. The molecule has 2 aromatic carbocycles. The molecular formula is C60H80N8O31P2. The monoisotopic (exact) mass is 1470 g/mol. The Hall–Kier alpha value is -8.40. The number of hydrogen-bond donors (Lipinski definition) is 11. The van der Waals surface area contributed by atoms with Crippen LogP contribution in [0.15, 0.2) is 70.4 Å². The Bertz CT molecular complexity index is 3700. The Balaban J connectivity index is 1.11. The maximum Gasteiger partial charge on any atom is 0.483 e. The number of phosphoric ester groups is 2. The van der Waals surface area contributed by atoms with Crippen LogP contribution in [-0.2, 0) is 113 Å². The van der Waals surface area contributed by atoms with Crippen molar-refractivity contribution in [2.45, 2.75) is 185 Å². The third-order valence-electron chi connectivity index (χ3n) is 15.8. The smallest absolute Gasteiger partial charge is 0.463 e. The number of esters is 4. The number of fused-ring (bicyclic) bond motifs is 3. The van der Waals surface area contributed by atoms with E-state index in [-0.39, 0.29) is 38.3 Å². The summed E-state index contributed by atoms with van der Waals surface area (Å²) < 4.78 is 101. The van der Waals surface area contributed by atoms with Crippen LogP contribution in [0.4, 0.5) is 4.79 Å². The summed E-state index contributed by atoms with van der Waals surface area (Å²) in [7, 11) is -12.2. The predicted molar refractivity (Wildman–Crippen MR) is 337 cm³/mol. The van der Waals surface area contributed by atoms with E-state index in [1.165, 1.54) is 6.92 Å². The van der Waals surface area contributed by atoms with Crippen molar-refractivity contribution in [3.05, 3.63) is 92.8 Å². The average molecular weight is 1470 g/mol. The van der Waals surface area contributed by atoms with Crippen molar-refractivity contribution in [3.63, 3.8) is 0 Å². The Morgan fingerprint density at radius 2 is 1.20 bits per heavy atom. The molecule has 556 valence electrons. The fourth-order valence-corrected chi connectivity index (χ4v) is 13.6. The van der Waals surface area contributed by atoms with E-state index in [2.05, 4.69) is 30.9 Å². The van der Waals surface area contributed by atoms with Gasteiger partial charge in [0.05, 0.1) is 6.61 Å². The van der Waals surface area contributed by atoms with E-state index in [0.29, 0.717) is 4.57 Å². The summed E-state index contributed by atoms with van der Waals surface area (Å²) in [5.74, 6) is -9.26. The molecule has 39 nitrogen and oxygen atoms in total. The average Bonchev–Trinajstić information content (AvgIpc) is 1.76. The number of aromatic nitrogens is 2. The number of amides is 6. The number of aliphatic hydroxyl groups excluding tert-OH is 2. The first-order valence-corrected chi connectivity index (χ1v) is 34.3. The molecule has 41 heteroatoms. The molecule has 3 fully saturated rings. The predicted octanol–water partition coefficient (Wildman–Crippen LogP) is -1.80. The minimum atomic E-state index is -6.23. The van der Waals surface area contributed by atoms with E-state index in [1.54, 1.807) is 0 Å². The number of nitrogens with two attached hydrogens (primary N) is 1. The zero-order valence-electron chi connectivity index (χ0n) is 55.6. The lowest BCUT2D eigenvalue weighted by molar-refractivity contribution is -0.332. The molecule has 0 bridgehead atoms. The molecule has 101 heavy (non-hydrogen) atoms. The summed E-state index contributed by atoms with van der Waals surface area (Å²) in [5.41, 5.74) is 7.85. The number of hydrogen-bond acceptors (Lipinski definition) is 29. The number of aliphatic hydroxyl groups is 2. The van der Waals surface area contributed by atoms with Crippen molar-refractivity contribution in [1.29, 1.82) is 0 Å². The van der Waals surface area contributed by atoms with Gasteiger partial charge in [0.15, 0.2) is 31.0 Å². The third-order valence-corrected chi connectivity index (χ3v) is 18.4. The van der Waals surface area contributed by atoms with Crippen molar-refractivity contribution >= 4 is 75.2 Å². The summed E-state index contributed by atoms with van der Waals surface area (Å²) in [5, 5.41) is 33.7. The van der Waals surface area contributed by atoms with Crippen LogP contribution >= 0.6 is 15.6 Å². The standard InChI is InChI=1S/C60H80N8O31P2/c1-27(54(79)66-40(53(61)78)19-13-14-21-62-60(82)89-23-39-37-17-11-9-15-35(37)36-16-10-12-18-38(36)39)63-55(80)28(2)91-51-46(65-30(4)70)58(98-101(85,86)99-100(83,84)90-26-41-47(76)48(77)56(94-41)68-22-20-44(75)67-59(68)81)96-43(25-88-32(6)72)50(51)97-57-45(64-29(3)69)52(93-34(8)74)49(92-33(7)73)42(95-57)24-87-31(5)71/h9-12,15-18,20,22,27-28,39-43,45-52,56-58,76-77H,13-14,19,21,23-26H2,1-8H3,(H2,61,78)(H,62,82)(H,63,80)(H,64,69)(H,65,70)(H,66,79)(H,83,84)(H,85,86)(H,67,75,81)/t27-,28+,40-,41+,42+,43+,45+,46+,47+,48+,49+,50+,51+,52+,56+,57-,58+/m0/s1. The summed E-state index contributed by atoms with van der Waals surface area (Å²) >= 11 is 0. The number of primary amides is 1. The van der Waals surface area contributed by atoms with Crippen molar-refractivity contribution < 1.29 is 138 Å². The van der Waals surface area contributed by atoms with Gasteiger partial charge in [-0.25, -0.2) is 18.7 Å². The first-order chi connectivity index (χ1) is 47.5. The molecule has 3 aliphatic heterocycles. The molecule has 7 rings (SSSR count). The minimum absolute atomic E-state index is 0.0459. The number of aromatic amines is 1. The van der Waals surface area contributed by atoms with E-state index in [1.807, 2.05) is 53.5 Å². The maximum atomic E-state index is 14.3. The highest BCUT2D eigenvalue weighted by Crippen LogP contribution is 2.62. The number of phosphoric acid groups is 2. The maximum absolute atomic E-state index is 14.3. The molecule has 0 saturated carbocycles. The fourth-order valence-electron chi connectivity index (χ4n) is 11.4. The number of nitrogens with zero attached hydrogens (tertiary/aromatic N) is 1. The molecular weight excluding hydrogens is 1390 g/mol. The largest absolute Gasteiger partial charge is 0.483 e. The number of nitrogens with one attached hydrogen (secondary N) is 6. The van der Waals surface area contributed by atoms with Crippen molar-refractivity contribution in [1.82, 2.24) is 36.1 Å². The topological polar surface area (TPSA) is 547 Å². The highest BCUT2D eigenvalue weighted by Gasteiger charge is 2.58. The lowest BCUT2D eigenvalue weighted by Crippen LogP contribution is -2.70. The number of carbonyl (C=O) groups excluding carboxylic acids is 10. The highest BCUT2D eigenvalue weighted by atomic mass is 31.3. The summed E-state index contributed by atoms with van der Waals surface area (Å²) in [6, 6.07) is 9.63. The van der Waals surface area contributed by atoms with Gasteiger partial charge in [0, 0.05) is 66.3 Å². The van der Waals surface area contributed by atoms with Crippen LogP contribution in [0.25, 0.3) is 11.1 Å². The molecule has 3 aromatic rings. The second kappa shape index (κ2) is 35.5. The Morgan fingerprint density at radius 1 is 0.634 bits per heavy atom. The van der Waals surface area contributed by atoms with Gasteiger partial charge in [-0.2, -0.15) is 4.31 Å². The first kappa shape index (κ1) is 79.9. The van der Waals surface area contributed by atoms with Crippen LogP contribution < -0.4 is 43.6 Å². The SMILES string of the molecule is CC(=O)N[C@H]1[C@H](O[C@H]2[C@H](O[C@H](C)C(=O)N[C@@H](C)C(=O)N[C@@H](CCCCNC(=O)OCC3c4ccccc4-c4ccccc43)C(N)=O)[C@@H](NC(C)=O)[C@@H](OP(=O)(O)OP(=O)(O)OC[C@H]3O[C@@H](n4ccc(=O)[nH]c4=O)[C@H](O)[C@@H]3O)O[C@@H]2COC(C)=O)O[C@H](COC(C)=O)[C@@H](OC(C)=O)[C@@H]1OC(C)=O. The first-order valence-electron chi connectivity index (χ1n) is 31.3. The molecule has 4 aliphatic rings. The zero-order chi connectivity index (χ0) is 74.4. The third kappa shape index (κ3) is 22.1. The Labute approximate surface area is 574 Å². The molecule has 6 amide bonds. The molecule has 2 unspecified atom stereocenters. The van der Waals surface area contributed by atoms with Gasteiger partial charge in [-0.15, -0.1) is 0 Å². The summed E-state index contributed by atoms with van der Waals surface area (Å²) in [4.78, 5) is 178.